The molecular weight excluding hydrogens is 363 g/mol. The summed E-state index contributed by atoms with van der Waals surface area (Å²) in [5, 5.41) is 13.4. The molecule has 0 radical (unpaired) electrons. The largest absolute Gasteiger partial charge is 0.462 e. The van der Waals surface area contributed by atoms with Gasteiger partial charge in [-0.05, 0) is 49.4 Å². The zero-order valence-electron chi connectivity index (χ0n) is 15.0. The van der Waals surface area contributed by atoms with Gasteiger partial charge >= 0.3 is 5.97 Å². The Morgan fingerprint density at radius 1 is 1.00 bits per heavy atom. The molecule has 0 saturated carbocycles. The molecule has 2 N–H and O–H groups in total. The lowest BCUT2D eigenvalue weighted by atomic mass is 10.2. The fourth-order valence-corrected chi connectivity index (χ4v) is 2.40. The summed E-state index contributed by atoms with van der Waals surface area (Å²) in [6.45, 7) is 2.00. The van der Waals surface area contributed by atoms with Gasteiger partial charge in [0.15, 0.2) is 11.6 Å². The summed E-state index contributed by atoms with van der Waals surface area (Å²) in [6.07, 6.45) is 0. The number of hydrogen-bond donors (Lipinski definition) is 2. The van der Waals surface area contributed by atoms with Crippen LogP contribution in [0.15, 0.2) is 60.7 Å². The van der Waals surface area contributed by atoms with E-state index in [1.54, 1.807) is 43.3 Å². The number of aromatic nitrogens is 2. The van der Waals surface area contributed by atoms with E-state index in [4.69, 9.17) is 4.74 Å². The van der Waals surface area contributed by atoms with Crippen molar-refractivity contribution in [1.82, 2.24) is 10.2 Å². The van der Waals surface area contributed by atoms with Crippen LogP contribution in [0.5, 0.6) is 0 Å². The molecule has 142 valence electrons. The summed E-state index contributed by atoms with van der Waals surface area (Å²) in [5.41, 5.74) is 1.06. The third-order valence-electron chi connectivity index (χ3n) is 3.68. The highest BCUT2D eigenvalue weighted by molar-refractivity contribution is 6.03. The predicted molar refractivity (Wildman–Crippen MR) is 102 cm³/mol. The van der Waals surface area contributed by atoms with Crippen LogP contribution in [0.1, 0.15) is 27.6 Å². The maximum Gasteiger partial charge on any atom is 0.340 e. The first kappa shape index (κ1) is 19.0. The lowest BCUT2D eigenvalue weighted by molar-refractivity contribution is 0.0527. The predicted octanol–water partition coefficient (Wildman–Crippen LogP) is 3.79. The maximum atomic E-state index is 13.2. The zero-order valence-corrected chi connectivity index (χ0v) is 15.0. The number of carbonyl (C=O) groups excluding carboxylic acids is 2. The zero-order chi connectivity index (χ0) is 19.9. The Labute approximate surface area is 160 Å². The average molecular weight is 380 g/mol. The van der Waals surface area contributed by atoms with Gasteiger partial charge in [0.05, 0.1) is 17.9 Å². The van der Waals surface area contributed by atoms with E-state index in [0.717, 1.165) is 6.07 Å². The van der Waals surface area contributed by atoms with Crippen molar-refractivity contribution in [2.75, 3.05) is 17.2 Å². The van der Waals surface area contributed by atoms with E-state index in [2.05, 4.69) is 20.8 Å². The smallest absolute Gasteiger partial charge is 0.340 e. The molecule has 0 aliphatic rings. The van der Waals surface area contributed by atoms with Gasteiger partial charge in [0.25, 0.3) is 5.91 Å². The quantitative estimate of drug-likeness (QED) is 0.632. The van der Waals surface area contributed by atoms with Crippen LogP contribution in [0.25, 0.3) is 0 Å². The number of benzene rings is 2. The molecule has 0 unspecified atom stereocenters. The first-order valence-electron chi connectivity index (χ1n) is 8.50. The molecule has 3 rings (SSSR count). The lowest BCUT2D eigenvalue weighted by Crippen LogP contribution is -2.14. The highest BCUT2D eigenvalue weighted by Crippen LogP contribution is 2.20. The molecule has 0 atom stereocenters. The molecule has 28 heavy (non-hydrogen) atoms. The molecule has 1 heterocycles. The molecule has 1 aromatic heterocycles. The Hall–Kier alpha value is -3.81. The minimum absolute atomic E-state index is 0.173. The number of carbonyl (C=O) groups is 2. The van der Waals surface area contributed by atoms with Crippen molar-refractivity contribution in [3.8, 4) is 0 Å². The van der Waals surface area contributed by atoms with Crippen LogP contribution in [0, 0.1) is 5.82 Å². The van der Waals surface area contributed by atoms with Gasteiger partial charge < -0.3 is 15.4 Å². The minimum Gasteiger partial charge on any atom is -0.462 e. The third-order valence-corrected chi connectivity index (χ3v) is 3.68. The van der Waals surface area contributed by atoms with Crippen LogP contribution >= 0.6 is 0 Å². The molecule has 0 spiro atoms. The van der Waals surface area contributed by atoms with Crippen LogP contribution in [-0.2, 0) is 4.74 Å². The van der Waals surface area contributed by atoms with Crippen LogP contribution in [0.3, 0.4) is 0 Å². The number of nitrogens with one attached hydrogen (secondary N) is 2. The summed E-state index contributed by atoms with van der Waals surface area (Å²) < 4.78 is 18.2. The number of rotatable bonds is 6. The third kappa shape index (κ3) is 4.67. The lowest BCUT2D eigenvalue weighted by Gasteiger charge is -2.10. The van der Waals surface area contributed by atoms with Crippen molar-refractivity contribution in [3.63, 3.8) is 0 Å². The summed E-state index contributed by atoms with van der Waals surface area (Å²) in [5.74, 6) is -0.864. The number of para-hydroxylation sites is 1. The number of esters is 1. The van der Waals surface area contributed by atoms with E-state index in [9.17, 15) is 14.0 Å². The van der Waals surface area contributed by atoms with E-state index in [1.807, 2.05) is 0 Å². The van der Waals surface area contributed by atoms with Crippen molar-refractivity contribution in [3.05, 3.63) is 77.6 Å². The molecule has 0 saturated heterocycles. The number of amides is 1. The van der Waals surface area contributed by atoms with Crippen LogP contribution in [0.4, 0.5) is 21.7 Å². The van der Waals surface area contributed by atoms with E-state index >= 15 is 0 Å². The van der Waals surface area contributed by atoms with Crippen LogP contribution < -0.4 is 10.6 Å². The molecule has 3 aromatic rings. The second-order valence-corrected chi connectivity index (χ2v) is 5.66. The number of hydrogen-bond acceptors (Lipinski definition) is 6. The Balaban J connectivity index is 1.70. The van der Waals surface area contributed by atoms with Gasteiger partial charge in [-0.1, -0.05) is 18.2 Å². The molecular formula is C20H17FN4O3. The highest BCUT2D eigenvalue weighted by Gasteiger charge is 2.13. The van der Waals surface area contributed by atoms with E-state index < -0.39 is 17.7 Å². The van der Waals surface area contributed by atoms with Gasteiger partial charge in [0, 0.05) is 5.56 Å². The van der Waals surface area contributed by atoms with Crippen molar-refractivity contribution < 1.29 is 18.7 Å². The fourth-order valence-electron chi connectivity index (χ4n) is 2.40. The molecule has 1 amide bonds. The fraction of sp³-hybridized carbons (Fsp3) is 0.100. The van der Waals surface area contributed by atoms with Crippen LogP contribution in [0.2, 0.25) is 0 Å². The van der Waals surface area contributed by atoms with Gasteiger partial charge in [-0.3, -0.25) is 4.79 Å². The average Bonchev–Trinajstić information content (AvgIpc) is 2.70. The van der Waals surface area contributed by atoms with Crippen molar-refractivity contribution >= 4 is 29.2 Å². The standard InChI is InChI=1S/C20H17FN4O3/c1-2-28-20(27)15-8-3-4-9-16(15)22-17-10-11-18(25-24-17)23-19(26)13-6-5-7-14(21)12-13/h3-12H,2H2,1H3,(H,22,24)(H,23,25,26). The number of nitrogens with zero attached hydrogens (tertiary/aromatic N) is 2. The summed E-state index contributed by atoms with van der Waals surface area (Å²) in [4.78, 5) is 24.1. The molecule has 0 aliphatic heterocycles. The Morgan fingerprint density at radius 3 is 2.46 bits per heavy atom. The molecule has 0 aliphatic carbocycles. The Morgan fingerprint density at radius 2 is 1.75 bits per heavy atom. The molecule has 0 fully saturated rings. The minimum atomic E-state index is -0.501. The van der Waals surface area contributed by atoms with Crippen molar-refractivity contribution in [1.29, 1.82) is 0 Å². The first-order valence-corrected chi connectivity index (χ1v) is 8.50. The van der Waals surface area contributed by atoms with Crippen molar-refractivity contribution in [2.45, 2.75) is 6.92 Å². The highest BCUT2D eigenvalue weighted by atomic mass is 19.1. The normalized spacial score (nSPS) is 10.2. The van der Waals surface area contributed by atoms with Crippen molar-refractivity contribution in [2.24, 2.45) is 0 Å². The Bertz CT molecular complexity index is 993. The SMILES string of the molecule is CCOC(=O)c1ccccc1Nc1ccc(NC(=O)c2cccc(F)c2)nn1. The molecule has 0 bridgehead atoms. The number of halogens is 1. The summed E-state index contributed by atoms with van der Waals surface area (Å²) in [7, 11) is 0. The van der Waals surface area contributed by atoms with E-state index in [1.165, 1.54) is 18.2 Å². The number of anilines is 3. The molecule has 7 nitrogen and oxygen atoms in total. The van der Waals surface area contributed by atoms with Gasteiger partial charge in [0.1, 0.15) is 5.82 Å². The topological polar surface area (TPSA) is 93.2 Å². The molecule has 2 aromatic carbocycles. The van der Waals surface area contributed by atoms with Gasteiger partial charge in [0.2, 0.25) is 0 Å². The summed E-state index contributed by atoms with van der Waals surface area (Å²) >= 11 is 0. The first-order chi connectivity index (χ1) is 13.6. The van der Waals surface area contributed by atoms with E-state index in [-0.39, 0.29) is 18.0 Å². The van der Waals surface area contributed by atoms with Gasteiger partial charge in [-0.2, -0.15) is 0 Å². The van der Waals surface area contributed by atoms with Gasteiger partial charge in [-0.25, -0.2) is 9.18 Å². The van der Waals surface area contributed by atoms with Crippen LogP contribution in [-0.4, -0.2) is 28.7 Å². The number of ether oxygens (including phenoxy) is 1. The summed E-state index contributed by atoms with van der Waals surface area (Å²) in [6, 6.07) is 15.3. The monoisotopic (exact) mass is 380 g/mol. The maximum absolute atomic E-state index is 13.2. The van der Waals surface area contributed by atoms with E-state index in [0.29, 0.717) is 17.1 Å². The second kappa shape index (κ2) is 8.72. The van der Waals surface area contributed by atoms with Gasteiger partial charge in [-0.15, -0.1) is 10.2 Å². The Kier molecular flexibility index (Phi) is 5.91. The second-order valence-electron chi connectivity index (χ2n) is 5.66. The molecule has 8 heteroatoms.